The van der Waals surface area contributed by atoms with Gasteiger partial charge in [-0.25, -0.2) is 4.39 Å². The van der Waals surface area contributed by atoms with Crippen LogP contribution in [0.25, 0.3) is 0 Å². The Bertz CT molecular complexity index is 346. The maximum atomic E-state index is 13.3. The van der Waals surface area contributed by atoms with Crippen molar-refractivity contribution in [2.24, 2.45) is 0 Å². The topological polar surface area (TPSA) is 41.5 Å². The Kier molecular flexibility index (Phi) is 5.38. The van der Waals surface area contributed by atoms with Gasteiger partial charge < -0.3 is 15.2 Å². The van der Waals surface area contributed by atoms with Crippen LogP contribution >= 0.6 is 0 Å². The molecule has 0 aliphatic heterocycles. The highest BCUT2D eigenvalue weighted by Gasteiger charge is 2.23. The van der Waals surface area contributed by atoms with Gasteiger partial charge in [0.15, 0.2) is 11.6 Å². The van der Waals surface area contributed by atoms with Gasteiger partial charge in [-0.2, -0.15) is 0 Å². The summed E-state index contributed by atoms with van der Waals surface area (Å²) < 4.78 is 18.7. The summed E-state index contributed by atoms with van der Waals surface area (Å²) in [4.78, 5) is 0. The quantitative estimate of drug-likeness (QED) is 0.766. The predicted octanol–water partition coefficient (Wildman–Crippen LogP) is 1.96. The number of para-hydroxylation sites is 1. The van der Waals surface area contributed by atoms with Gasteiger partial charge in [0.05, 0.1) is 12.1 Å². The highest BCUT2D eigenvalue weighted by Crippen LogP contribution is 2.17. The lowest BCUT2D eigenvalue weighted by Crippen LogP contribution is -2.50. The summed E-state index contributed by atoms with van der Waals surface area (Å²) in [6.07, 6.45) is 0.968. The van der Waals surface area contributed by atoms with Crippen LogP contribution in [0.2, 0.25) is 0 Å². The van der Waals surface area contributed by atoms with Gasteiger partial charge in [0.25, 0.3) is 0 Å². The van der Waals surface area contributed by atoms with E-state index in [9.17, 15) is 9.50 Å². The third-order valence-corrected chi connectivity index (χ3v) is 2.53. The zero-order valence-electron chi connectivity index (χ0n) is 10.4. The average molecular weight is 241 g/mol. The molecule has 1 rings (SSSR count). The minimum absolute atomic E-state index is 0.0541. The molecule has 1 aromatic carbocycles. The van der Waals surface area contributed by atoms with Gasteiger partial charge in [-0.15, -0.1) is 0 Å². The third-order valence-electron chi connectivity index (χ3n) is 2.53. The van der Waals surface area contributed by atoms with Crippen molar-refractivity contribution in [1.29, 1.82) is 0 Å². The summed E-state index contributed by atoms with van der Waals surface area (Å²) in [6.45, 7) is 4.86. The summed E-state index contributed by atoms with van der Waals surface area (Å²) in [5, 5.41) is 12.5. The zero-order valence-corrected chi connectivity index (χ0v) is 10.4. The number of benzene rings is 1. The normalized spacial score (nSPS) is 14.4. The Balaban J connectivity index is 2.55. The number of rotatable bonds is 7. The van der Waals surface area contributed by atoms with E-state index in [1.165, 1.54) is 6.07 Å². The molecule has 0 saturated heterocycles. The number of nitrogens with one attached hydrogen (secondary N) is 1. The number of aliphatic hydroxyl groups is 1. The second-order valence-corrected chi connectivity index (χ2v) is 4.36. The second kappa shape index (κ2) is 6.57. The van der Waals surface area contributed by atoms with Crippen molar-refractivity contribution in [2.75, 3.05) is 19.8 Å². The largest absolute Gasteiger partial charge is 0.489 e. The van der Waals surface area contributed by atoms with E-state index in [-0.39, 0.29) is 24.8 Å². The molecule has 0 saturated carbocycles. The molecule has 2 N–H and O–H groups in total. The van der Waals surface area contributed by atoms with E-state index >= 15 is 0 Å². The van der Waals surface area contributed by atoms with Crippen molar-refractivity contribution < 1.29 is 14.2 Å². The molecule has 3 nitrogen and oxygen atoms in total. The van der Waals surface area contributed by atoms with Crippen LogP contribution in [0.3, 0.4) is 0 Å². The molecule has 4 heteroatoms. The molecular weight excluding hydrogens is 221 g/mol. The Morgan fingerprint density at radius 1 is 1.41 bits per heavy atom. The molecule has 0 amide bonds. The van der Waals surface area contributed by atoms with Gasteiger partial charge in [-0.3, -0.25) is 0 Å². The summed E-state index contributed by atoms with van der Waals surface area (Å²) in [5.74, 6) is -0.172. The van der Waals surface area contributed by atoms with Crippen LogP contribution in [-0.2, 0) is 0 Å². The Morgan fingerprint density at radius 3 is 2.71 bits per heavy atom. The molecule has 17 heavy (non-hydrogen) atoms. The van der Waals surface area contributed by atoms with Crippen molar-refractivity contribution in [1.82, 2.24) is 5.32 Å². The molecule has 1 atom stereocenters. The number of hydrogen-bond acceptors (Lipinski definition) is 3. The van der Waals surface area contributed by atoms with Crippen molar-refractivity contribution in [3.63, 3.8) is 0 Å². The fraction of sp³-hybridized carbons (Fsp3) is 0.538. The second-order valence-electron chi connectivity index (χ2n) is 4.36. The highest BCUT2D eigenvalue weighted by atomic mass is 19.1. The van der Waals surface area contributed by atoms with Gasteiger partial charge in [-0.05, 0) is 32.0 Å². The minimum atomic E-state index is -0.543. The van der Waals surface area contributed by atoms with Crippen LogP contribution in [0.4, 0.5) is 4.39 Å². The lowest BCUT2D eigenvalue weighted by molar-refractivity contribution is 0.114. The van der Waals surface area contributed by atoms with E-state index < -0.39 is 5.54 Å². The number of ether oxygens (including phenoxy) is 1. The first kappa shape index (κ1) is 13.9. The number of aliphatic hydroxyl groups excluding tert-OH is 1. The minimum Gasteiger partial charge on any atom is -0.489 e. The van der Waals surface area contributed by atoms with Crippen LogP contribution < -0.4 is 10.1 Å². The number of hydrogen-bond donors (Lipinski definition) is 2. The summed E-state index contributed by atoms with van der Waals surface area (Å²) >= 11 is 0. The molecule has 0 spiro atoms. The molecule has 0 aliphatic carbocycles. The standard InChI is InChI=1S/C13H20FNO2/c1-3-8-15-13(2,9-16)10-17-12-7-5-4-6-11(12)14/h4-7,15-16H,3,8-10H2,1-2H3. The van der Waals surface area contributed by atoms with E-state index in [0.29, 0.717) is 0 Å². The lowest BCUT2D eigenvalue weighted by Gasteiger charge is -2.28. The van der Waals surface area contributed by atoms with Crippen molar-refractivity contribution in [3.05, 3.63) is 30.1 Å². The van der Waals surface area contributed by atoms with Crippen molar-refractivity contribution in [3.8, 4) is 5.75 Å². The Hall–Kier alpha value is -1.13. The van der Waals surface area contributed by atoms with Gasteiger partial charge in [0.1, 0.15) is 6.61 Å². The Labute approximate surface area is 102 Å². The first-order valence-corrected chi connectivity index (χ1v) is 5.84. The molecular formula is C13H20FNO2. The van der Waals surface area contributed by atoms with Gasteiger partial charge >= 0.3 is 0 Å². The fourth-order valence-electron chi connectivity index (χ4n) is 1.38. The van der Waals surface area contributed by atoms with E-state index in [1.54, 1.807) is 18.2 Å². The molecule has 0 radical (unpaired) electrons. The van der Waals surface area contributed by atoms with Crippen LogP contribution in [0, 0.1) is 5.82 Å². The maximum absolute atomic E-state index is 13.3. The van der Waals surface area contributed by atoms with E-state index in [1.807, 2.05) is 13.8 Å². The molecule has 1 aromatic rings. The SMILES string of the molecule is CCCNC(C)(CO)COc1ccccc1F. The molecule has 96 valence electrons. The van der Waals surface area contributed by atoms with Gasteiger partial charge in [0.2, 0.25) is 0 Å². The van der Waals surface area contributed by atoms with E-state index in [0.717, 1.165) is 13.0 Å². The summed E-state index contributed by atoms with van der Waals surface area (Å²) in [5.41, 5.74) is -0.543. The third kappa shape index (κ3) is 4.32. The smallest absolute Gasteiger partial charge is 0.165 e. The maximum Gasteiger partial charge on any atom is 0.165 e. The van der Waals surface area contributed by atoms with E-state index in [4.69, 9.17) is 4.74 Å². The number of halogens is 1. The summed E-state index contributed by atoms with van der Waals surface area (Å²) in [6, 6.07) is 6.26. The zero-order chi connectivity index (χ0) is 12.7. The van der Waals surface area contributed by atoms with Gasteiger partial charge in [0, 0.05) is 0 Å². The lowest BCUT2D eigenvalue weighted by atomic mass is 10.1. The van der Waals surface area contributed by atoms with Crippen molar-refractivity contribution >= 4 is 0 Å². The van der Waals surface area contributed by atoms with Crippen LogP contribution in [-0.4, -0.2) is 30.4 Å². The van der Waals surface area contributed by atoms with Crippen LogP contribution in [0.15, 0.2) is 24.3 Å². The molecule has 0 fully saturated rings. The molecule has 1 unspecified atom stereocenters. The first-order chi connectivity index (χ1) is 8.11. The van der Waals surface area contributed by atoms with Gasteiger partial charge in [-0.1, -0.05) is 19.1 Å². The Morgan fingerprint density at radius 2 is 2.12 bits per heavy atom. The molecule has 0 aromatic heterocycles. The fourth-order valence-corrected chi connectivity index (χ4v) is 1.38. The molecule has 0 aliphatic rings. The predicted molar refractivity (Wildman–Crippen MR) is 65.7 cm³/mol. The van der Waals surface area contributed by atoms with Crippen LogP contribution in [0.1, 0.15) is 20.3 Å². The molecule has 0 bridgehead atoms. The monoisotopic (exact) mass is 241 g/mol. The molecule has 0 heterocycles. The first-order valence-electron chi connectivity index (χ1n) is 5.84. The average Bonchev–Trinajstić information content (AvgIpc) is 2.35. The summed E-state index contributed by atoms with van der Waals surface area (Å²) in [7, 11) is 0. The van der Waals surface area contributed by atoms with Crippen LogP contribution in [0.5, 0.6) is 5.75 Å². The van der Waals surface area contributed by atoms with E-state index in [2.05, 4.69) is 5.32 Å². The highest BCUT2D eigenvalue weighted by molar-refractivity contribution is 5.23. The van der Waals surface area contributed by atoms with Crippen molar-refractivity contribution in [2.45, 2.75) is 25.8 Å².